The summed E-state index contributed by atoms with van der Waals surface area (Å²) in [4.78, 5) is 15.6. The summed E-state index contributed by atoms with van der Waals surface area (Å²) in [5.74, 6) is -0.103. The van der Waals surface area contributed by atoms with Gasteiger partial charge < -0.3 is 20.4 Å². The zero-order valence-electron chi connectivity index (χ0n) is 17.7. The highest BCUT2D eigenvalue weighted by Gasteiger charge is 2.39. The molecule has 4 aromatic rings. The lowest BCUT2D eigenvalue weighted by atomic mass is 10.2. The van der Waals surface area contributed by atoms with Crippen LogP contribution in [0.3, 0.4) is 0 Å². The Balaban J connectivity index is 1.43. The summed E-state index contributed by atoms with van der Waals surface area (Å²) in [6.07, 6.45) is -1.93. The molecule has 0 fully saturated rings. The van der Waals surface area contributed by atoms with E-state index in [9.17, 15) is 18.0 Å². The number of halogens is 3. The van der Waals surface area contributed by atoms with Crippen molar-refractivity contribution in [3.05, 3.63) is 72.2 Å². The number of amides is 1. The number of nitrogens with one attached hydrogen (secondary N) is 3. The lowest BCUT2D eigenvalue weighted by Crippen LogP contribution is -2.30. The van der Waals surface area contributed by atoms with Crippen LogP contribution in [-0.2, 0) is 6.18 Å². The Morgan fingerprint density at radius 1 is 1.12 bits per heavy atom. The van der Waals surface area contributed by atoms with E-state index in [1.807, 2.05) is 19.1 Å². The van der Waals surface area contributed by atoms with Gasteiger partial charge in [-0.05, 0) is 55.5 Å². The van der Waals surface area contributed by atoms with Crippen LogP contribution in [0.4, 0.5) is 18.9 Å². The molecule has 7 nitrogen and oxygen atoms in total. The van der Waals surface area contributed by atoms with Gasteiger partial charge in [-0.2, -0.15) is 18.3 Å². The first-order chi connectivity index (χ1) is 15.8. The molecule has 2 aromatic carbocycles. The van der Waals surface area contributed by atoms with Crippen LogP contribution in [0.25, 0.3) is 16.6 Å². The van der Waals surface area contributed by atoms with Crippen molar-refractivity contribution >= 4 is 22.5 Å². The van der Waals surface area contributed by atoms with Crippen molar-refractivity contribution in [2.24, 2.45) is 0 Å². The predicted molar refractivity (Wildman–Crippen MR) is 119 cm³/mol. The maximum absolute atomic E-state index is 13.6. The molecule has 2 aromatic heterocycles. The molecule has 0 spiro atoms. The summed E-state index contributed by atoms with van der Waals surface area (Å²) in [6, 6.07) is 14.1. The number of aromatic amines is 1. The van der Waals surface area contributed by atoms with Gasteiger partial charge in [-0.1, -0.05) is 0 Å². The van der Waals surface area contributed by atoms with Crippen molar-refractivity contribution in [1.82, 2.24) is 20.1 Å². The minimum Gasteiger partial charge on any atom is -0.494 e. The monoisotopic (exact) mass is 457 g/mol. The van der Waals surface area contributed by atoms with Gasteiger partial charge in [0, 0.05) is 42.1 Å². The molecule has 4 rings (SSSR count). The summed E-state index contributed by atoms with van der Waals surface area (Å²) in [5, 5.41) is 10.1. The van der Waals surface area contributed by atoms with E-state index in [0.717, 1.165) is 33.2 Å². The average Bonchev–Trinajstić information content (AvgIpc) is 3.44. The average molecular weight is 457 g/mol. The molecule has 0 aliphatic rings. The molecule has 0 bridgehead atoms. The largest absolute Gasteiger partial charge is 0.494 e. The maximum atomic E-state index is 13.6. The highest BCUT2D eigenvalue weighted by atomic mass is 19.4. The minimum atomic E-state index is -4.77. The number of ether oxygens (including phenoxy) is 1. The van der Waals surface area contributed by atoms with Crippen LogP contribution < -0.4 is 15.4 Å². The lowest BCUT2D eigenvalue weighted by molar-refractivity contribution is -0.141. The standard InChI is InChI=1S/C23H22F3N5O2/c1-2-33-18-6-3-16(4-7-18)27-11-12-29-22(32)19-14-31(30-21(19)23(24,25)26)17-5-8-20-15(13-17)9-10-28-20/h3-10,13-14,27-28H,2,11-12H2,1H3,(H,29,32). The van der Waals surface area contributed by atoms with E-state index in [0.29, 0.717) is 18.8 Å². The number of hydrogen-bond acceptors (Lipinski definition) is 4. The van der Waals surface area contributed by atoms with Crippen molar-refractivity contribution in [1.29, 1.82) is 0 Å². The summed E-state index contributed by atoms with van der Waals surface area (Å²) in [5.41, 5.74) is 0.312. The molecule has 3 N–H and O–H groups in total. The summed E-state index contributed by atoms with van der Waals surface area (Å²) < 4.78 is 47.1. The molecule has 2 heterocycles. The Bertz CT molecular complexity index is 1250. The summed E-state index contributed by atoms with van der Waals surface area (Å²) in [6.45, 7) is 2.92. The van der Waals surface area contributed by atoms with Crippen LogP contribution in [0.15, 0.2) is 60.9 Å². The minimum absolute atomic E-state index is 0.129. The van der Waals surface area contributed by atoms with E-state index in [1.165, 1.54) is 0 Å². The fourth-order valence-corrected chi connectivity index (χ4v) is 3.38. The molecule has 0 radical (unpaired) electrons. The number of alkyl halides is 3. The van der Waals surface area contributed by atoms with E-state index in [-0.39, 0.29) is 6.54 Å². The smallest absolute Gasteiger partial charge is 0.435 e. The molecule has 0 aliphatic heterocycles. The van der Waals surface area contributed by atoms with Gasteiger partial charge in [-0.3, -0.25) is 4.79 Å². The SMILES string of the molecule is CCOc1ccc(NCCNC(=O)c2cn(-c3ccc4[nH]ccc4c3)nc2C(F)(F)F)cc1. The van der Waals surface area contributed by atoms with Crippen LogP contribution in [-0.4, -0.2) is 40.4 Å². The van der Waals surface area contributed by atoms with E-state index in [2.05, 4.69) is 20.7 Å². The molecular weight excluding hydrogens is 435 g/mol. The van der Waals surface area contributed by atoms with Gasteiger partial charge in [0.1, 0.15) is 5.75 Å². The molecule has 0 unspecified atom stereocenters. The second-order valence-corrected chi connectivity index (χ2v) is 7.22. The van der Waals surface area contributed by atoms with Gasteiger partial charge in [0.2, 0.25) is 0 Å². The zero-order chi connectivity index (χ0) is 23.4. The number of nitrogens with zero attached hydrogens (tertiary/aromatic N) is 2. The zero-order valence-corrected chi connectivity index (χ0v) is 17.7. The number of carbonyl (C=O) groups is 1. The summed E-state index contributed by atoms with van der Waals surface area (Å²) >= 11 is 0. The first kappa shape index (κ1) is 22.3. The fraction of sp³-hybridized carbons (Fsp3) is 0.217. The second kappa shape index (κ2) is 9.27. The van der Waals surface area contributed by atoms with Gasteiger partial charge in [0.15, 0.2) is 5.69 Å². The number of rotatable bonds is 8. The Morgan fingerprint density at radius 3 is 2.64 bits per heavy atom. The molecule has 33 heavy (non-hydrogen) atoms. The van der Waals surface area contributed by atoms with Gasteiger partial charge >= 0.3 is 6.18 Å². The Hall–Kier alpha value is -3.95. The molecule has 0 aliphatic carbocycles. The van der Waals surface area contributed by atoms with Crippen LogP contribution in [0.1, 0.15) is 23.0 Å². The third kappa shape index (κ3) is 5.11. The van der Waals surface area contributed by atoms with E-state index < -0.39 is 23.3 Å². The Kier molecular flexibility index (Phi) is 6.25. The van der Waals surface area contributed by atoms with Gasteiger partial charge in [-0.15, -0.1) is 0 Å². The first-order valence-electron chi connectivity index (χ1n) is 10.3. The number of benzene rings is 2. The highest BCUT2D eigenvalue weighted by molar-refractivity contribution is 5.95. The molecular formula is C23H22F3N5O2. The van der Waals surface area contributed by atoms with Crippen LogP contribution in [0.2, 0.25) is 0 Å². The number of carbonyl (C=O) groups excluding carboxylic acids is 1. The Labute approximate surface area is 187 Å². The second-order valence-electron chi connectivity index (χ2n) is 7.22. The van der Waals surface area contributed by atoms with Gasteiger partial charge in [0.05, 0.1) is 17.9 Å². The quantitative estimate of drug-likeness (QED) is 0.338. The lowest BCUT2D eigenvalue weighted by Gasteiger charge is -2.10. The molecule has 10 heteroatoms. The number of fused-ring (bicyclic) bond motifs is 1. The third-order valence-electron chi connectivity index (χ3n) is 4.93. The topological polar surface area (TPSA) is 84.0 Å². The first-order valence-corrected chi connectivity index (χ1v) is 10.3. The predicted octanol–water partition coefficient (Wildman–Crippen LogP) is 4.61. The van der Waals surface area contributed by atoms with Crippen molar-refractivity contribution in [3.63, 3.8) is 0 Å². The van der Waals surface area contributed by atoms with E-state index in [1.54, 1.807) is 42.6 Å². The van der Waals surface area contributed by atoms with Crippen molar-refractivity contribution in [3.8, 4) is 11.4 Å². The van der Waals surface area contributed by atoms with Crippen molar-refractivity contribution in [2.75, 3.05) is 25.0 Å². The Morgan fingerprint density at radius 2 is 1.91 bits per heavy atom. The van der Waals surface area contributed by atoms with Crippen molar-refractivity contribution in [2.45, 2.75) is 13.1 Å². The van der Waals surface area contributed by atoms with Crippen LogP contribution in [0, 0.1) is 0 Å². The number of aromatic nitrogens is 3. The highest BCUT2D eigenvalue weighted by Crippen LogP contribution is 2.31. The fourth-order valence-electron chi connectivity index (χ4n) is 3.38. The maximum Gasteiger partial charge on any atom is 0.435 e. The number of hydrogen-bond donors (Lipinski definition) is 3. The molecule has 0 atom stereocenters. The van der Waals surface area contributed by atoms with E-state index >= 15 is 0 Å². The summed E-state index contributed by atoms with van der Waals surface area (Å²) in [7, 11) is 0. The van der Waals surface area contributed by atoms with Crippen molar-refractivity contribution < 1.29 is 22.7 Å². The molecule has 172 valence electrons. The molecule has 1 amide bonds. The number of anilines is 1. The number of H-pyrrole nitrogens is 1. The normalized spacial score (nSPS) is 11.5. The van der Waals surface area contributed by atoms with Crippen LogP contribution in [0.5, 0.6) is 5.75 Å². The van der Waals surface area contributed by atoms with Gasteiger partial charge in [0.25, 0.3) is 5.91 Å². The molecule has 0 saturated heterocycles. The third-order valence-corrected chi connectivity index (χ3v) is 4.93. The van der Waals surface area contributed by atoms with Gasteiger partial charge in [-0.25, -0.2) is 4.68 Å². The van der Waals surface area contributed by atoms with Crippen LogP contribution >= 0.6 is 0 Å². The van der Waals surface area contributed by atoms with E-state index in [4.69, 9.17) is 4.74 Å². The molecule has 0 saturated carbocycles.